The normalized spacial score (nSPS) is 16.5. The van der Waals surface area contributed by atoms with Crippen LogP contribution < -0.4 is 10.0 Å². The van der Waals surface area contributed by atoms with Gasteiger partial charge >= 0.3 is 0 Å². The number of nitro benzene ring substituents is 1. The average molecular weight is 313 g/mol. The van der Waals surface area contributed by atoms with E-state index in [9.17, 15) is 18.5 Å². The van der Waals surface area contributed by atoms with Crippen molar-refractivity contribution in [2.24, 2.45) is 5.41 Å². The molecule has 7 nitrogen and oxygen atoms in total. The quantitative estimate of drug-likeness (QED) is 0.593. The van der Waals surface area contributed by atoms with Gasteiger partial charge in [-0.15, -0.1) is 0 Å². The minimum absolute atomic E-state index is 0.0302. The topological polar surface area (TPSA) is 101 Å². The Balaban J connectivity index is 2.31. The molecule has 0 amide bonds. The third-order valence-electron chi connectivity index (χ3n) is 4.08. The second-order valence-electron chi connectivity index (χ2n) is 5.37. The minimum Gasteiger partial charge on any atom is -0.388 e. The molecule has 0 atom stereocenters. The molecule has 2 N–H and O–H groups in total. The predicted octanol–water partition coefficient (Wildman–Crippen LogP) is 2.10. The van der Waals surface area contributed by atoms with Gasteiger partial charge in [-0.2, -0.15) is 0 Å². The van der Waals surface area contributed by atoms with E-state index in [4.69, 9.17) is 0 Å². The van der Waals surface area contributed by atoms with Gasteiger partial charge in [-0.25, -0.2) is 13.1 Å². The van der Waals surface area contributed by atoms with Crippen LogP contribution in [0.5, 0.6) is 0 Å². The highest BCUT2D eigenvalue weighted by Crippen LogP contribution is 2.48. The molecule has 0 aliphatic heterocycles. The van der Waals surface area contributed by atoms with Crippen LogP contribution in [0.2, 0.25) is 0 Å². The smallest absolute Gasteiger partial charge is 0.289 e. The van der Waals surface area contributed by atoms with E-state index in [-0.39, 0.29) is 10.3 Å². The summed E-state index contributed by atoms with van der Waals surface area (Å²) in [5.74, 6) is 0. The molecule has 0 radical (unpaired) electrons. The van der Waals surface area contributed by atoms with Gasteiger partial charge < -0.3 is 5.32 Å². The second-order valence-corrected chi connectivity index (χ2v) is 7.10. The number of nitrogens with zero attached hydrogens (tertiary/aromatic N) is 1. The number of hydrogen-bond donors (Lipinski definition) is 2. The molecule has 8 heteroatoms. The number of rotatable bonds is 7. The molecule has 1 aromatic carbocycles. The fourth-order valence-corrected chi connectivity index (χ4v) is 3.55. The molecule has 1 aliphatic rings. The number of benzene rings is 1. The molecular formula is C13H19N3O4S. The minimum atomic E-state index is -3.90. The van der Waals surface area contributed by atoms with E-state index in [1.807, 2.05) is 6.92 Å². The van der Waals surface area contributed by atoms with E-state index < -0.39 is 20.6 Å². The third-order valence-corrected chi connectivity index (χ3v) is 5.51. The lowest BCUT2D eigenvalue weighted by molar-refractivity contribution is -0.387. The lowest BCUT2D eigenvalue weighted by atomic mass is 10.1. The summed E-state index contributed by atoms with van der Waals surface area (Å²) in [5.41, 5.74) is 0.128. The van der Waals surface area contributed by atoms with Crippen molar-refractivity contribution >= 4 is 21.4 Å². The SMILES string of the molecule is CCC1(CNS(=O)(=O)c2cc(NC)ccc2[N+](=O)[O-])CC1. The van der Waals surface area contributed by atoms with E-state index in [2.05, 4.69) is 10.0 Å². The molecule has 0 spiro atoms. The highest BCUT2D eigenvalue weighted by molar-refractivity contribution is 7.89. The molecule has 21 heavy (non-hydrogen) atoms. The Morgan fingerprint density at radius 1 is 1.38 bits per heavy atom. The summed E-state index contributed by atoms with van der Waals surface area (Å²) in [5, 5.41) is 13.8. The summed E-state index contributed by atoms with van der Waals surface area (Å²) in [6.45, 7) is 2.35. The zero-order valence-electron chi connectivity index (χ0n) is 12.0. The Kier molecular flexibility index (Phi) is 4.20. The summed E-state index contributed by atoms with van der Waals surface area (Å²) in [6.07, 6.45) is 2.88. The molecule has 0 heterocycles. The van der Waals surface area contributed by atoms with Crippen molar-refractivity contribution in [1.82, 2.24) is 4.72 Å². The van der Waals surface area contributed by atoms with Crippen molar-refractivity contribution in [3.63, 3.8) is 0 Å². The molecule has 0 bridgehead atoms. The number of anilines is 1. The van der Waals surface area contributed by atoms with E-state index >= 15 is 0 Å². The van der Waals surface area contributed by atoms with Gasteiger partial charge in [0.05, 0.1) is 4.92 Å². The van der Waals surface area contributed by atoms with Crippen LogP contribution in [0.15, 0.2) is 23.1 Å². The van der Waals surface area contributed by atoms with Crippen LogP contribution in [0.25, 0.3) is 0 Å². The number of sulfonamides is 1. The molecule has 1 fully saturated rings. The molecule has 1 aromatic rings. The first-order chi connectivity index (χ1) is 9.83. The molecule has 116 valence electrons. The maximum Gasteiger partial charge on any atom is 0.289 e. The Labute approximate surface area is 123 Å². The zero-order valence-corrected chi connectivity index (χ0v) is 12.9. The van der Waals surface area contributed by atoms with Gasteiger partial charge in [0.1, 0.15) is 0 Å². The fraction of sp³-hybridized carbons (Fsp3) is 0.538. The zero-order chi connectivity index (χ0) is 15.7. The van der Waals surface area contributed by atoms with Crippen molar-refractivity contribution in [3.8, 4) is 0 Å². The first-order valence-corrected chi connectivity index (χ1v) is 8.28. The fourth-order valence-electron chi connectivity index (χ4n) is 2.19. The number of hydrogen-bond acceptors (Lipinski definition) is 5. The molecule has 2 rings (SSSR count). The second kappa shape index (κ2) is 5.61. The van der Waals surface area contributed by atoms with Gasteiger partial charge in [-0.3, -0.25) is 10.1 Å². The highest BCUT2D eigenvalue weighted by Gasteiger charge is 2.41. The number of nitrogens with one attached hydrogen (secondary N) is 2. The standard InChI is InChI=1S/C13H19N3O4S/c1-3-13(6-7-13)9-15-21(19,20)12-8-10(14-2)4-5-11(12)16(17)18/h4-5,8,14-15H,3,6-7,9H2,1-2H3. The lowest BCUT2D eigenvalue weighted by Gasteiger charge is -2.14. The molecular weight excluding hydrogens is 294 g/mol. The molecule has 1 aliphatic carbocycles. The van der Waals surface area contributed by atoms with E-state index in [0.717, 1.165) is 19.3 Å². The van der Waals surface area contributed by atoms with Gasteiger partial charge in [-0.1, -0.05) is 6.92 Å². The Morgan fingerprint density at radius 3 is 2.52 bits per heavy atom. The van der Waals surface area contributed by atoms with Crippen LogP contribution in [-0.4, -0.2) is 26.9 Å². The number of nitro groups is 1. The van der Waals surface area contributed by atoms with E-state index in [1.165, 1.54) is 18.2 Å². The molecule has 0 unspecified atom stereocenters. The average Bonchev–Trinajstić information content (AvgIpc) is 3.25. The Hall–Kier alpha value is -1.67. The summed E-state index contributed by atoms with van der Waals surface area (Å²) in [7, 11) is -2.28. The maximum absolute atomic E-state index is 12.4. The van der Waals surface area contributed by atoms with Gasteiger partial charge in [0.2, 0.25) is 10.0 Å². The van der Waals surface area contributed by atoms with Crippen LogP contribution in [0, 0.1) is 15.5 Å². The van der Waals surface area contributed by atoms with E-state index in [1.54, 1.807) is 7.05 Å². The van der Waals surface area contributed by atoms with E-state index in [0.29, 0.717) is 12.2 Å². The van der Waals surface area contributed by atoms with Crippen LogP contribution >= 0.6 is 0 Å². The monoisotopic (exact) mass is 313 g/mol. The largest absolute Gasteiger partial charge is 0.388 e. The Morgan fingerprint density at radius 2 is 2.05 bits per heavy atom. The summed E-state index contributed by atoms with van der Waals surface area (Å²) in [6, 6.07) is 3.96. The van der Waals surface area contributed by atoms with Crippen LogP contribution in [-0.2, 0) is 10.0 Å². The Bertz CT molecular complexity index is 653. The summed E-state index contributed by atoms with van der Waals surface area (Å²) < 4.78 is 27.3. The molecule has 0 aromatic heterocycles. The first-order valence-electron chi connectivity index (χ1n) is 6.79. The van der Waals surface area contributed by atoms with Gasteiger partial charge in [0, 0.05) is 25.3 Å². The lowest BCUT2D eigenvalue weighted by Crippen LogP contribution is -2.30. The van der Waals surface area contributed by atoms with Crippen LogP contribution in [0.4, 0.5) is 11.4 Å². The predicted molar refractivity (Wildman–Crippen MR) is 79.8 cm³/mol. The van der Waals surface area contributed by atoms with Crippen LogP contribution in [0.1, 0.15) is 26.2 Å². The van der Waals surface area contributed by atoms with Gasteiger partial charge in [0.25, 0.3) is 5.69 Å². The summed E-state index contributed by atoms with van der Waals surface area (Å²) in [4.78, 5) is 10.1. The maximum atomic E-state index is 12.4. The highest BCUT2D eigenvalue weighted by atomic mass is 32.2. The van der Waals surface area contributed by atoms with Crippen molar-refractivity contribution in [2.45, 2.75) is 31.1 Å². The van der Waals surface area contributed by atoms with Crippen molar-refractivity contribution in [3.05, 3.63) is 28.3 Å². The molecule has 0 saturated heterocycles. The van der Waals surface area contributed by atoms with Gasteiger partial charge in [0.15, 0.2) is 4.90 Å². The van der Waals surface area contributed by atoms with Crippen molar-refractivity contribution in [1.29, 1.82) is 0 Å². The van der Waals surface area contributed by atoms with Crippen molar-refractivity contribution in [2.75, 3.05) is 18.9 Å². The third kappa shape index (κ3) is 3.33. The van der Waals surface area contributed by atoms with Crippen LogP contribution in [0.3, 0.4) is 0 Å². The van der Waals surface area contributed by atoms with Gasteiger partial charge in [-0.05, 0) is 36.8 Å². The first kappa shape index (κ1) is 15.7. The van der Waals surface area contributed by atoms with Crippen molar-refractivity contribution < 1.29 is 13.3 Å². The molecule has 1 saturated carbocycles. The summed E-state index contributed by atoms with van der Waals surface area (Å²) >= 11 is 0.